The van der Waals surface area contributed by atoms with Crippen molar-refractivity contribution in [3.8, 4) is 0 Å². The van der Waals surface area contributed by atoms with E-state index in [4.69, 9.17) is 4.52 Å². The summed E-state index contributed by atoms with van der Waals surface area (Å²) in [5.74, 6) is 1.01. The zero-order valence-corrected chi connectivity index (χ0v) is 16.6. The summed E-state index contributed by atoms with van der Waals surface area (Å²) in [6, 6.07) is 13.9. The van der Waals surface area contributed by atoms with E-state index in [9.17, 15) is 4.79 Å². The second-order valence-electron chi connectivity index (χ2n) is 7.54. The van der Waals surface area contributed by atoms with Gasteiger partial charge >= 0.3 is 0 Å². The Morgan fingerprint density at radius 2 is 2.10 bits per heavy atom. The monoisotopic (exact) mass is 399 g/mol. The first-order chi connectivity index (χ1) is 14.7. The number of hydrogen-bond acceptors (Lipinski definition) is 5. The smallest absolute Gasteiger partial charge is 0.292 e. The molecule has 1 amide bonds. The molecule has 1 aliphatic heterocycles. The van der Waals surface area contributed by atoms with Gasteiger partial charge in [-0.15, -0.1) is 0 Å². The van der Waals surface area contributed by atoms with E-state index in [1.165, 1.54) is 5.56 Å². The minimum Gasteiger partial charge on any atom is -0.351 e. The van der Waals surface area contributed by atoms with Crippen molar-refractivity contribution < 1.29 is 9.32 Å². The molecule has 0 saturated heterocycles. The van der Waals surface area contributed by atoms with Crippen molar-refractivity contribution in [1.82, 2.24) is 24.6 Å². The lowest BCUT2D eigenvalue weighted by molar-refractivity contribution is 0.0680. The molecule has 0 radical (unpaired) electrons. The molecular weight excluding hydrogens is 378 g/mol. The van der Waals surface area contributed by atoms with Gasteiger partial charge in [0.1, 0.15) is 5.82 Å². The predicted octanol–water partition coefficient (Wildman–Crippen LogP) is 3.41. The number of pyridine rings is 1. The molecule has 1 atom stereocenters. The van der Waals surface area contributed by atoms with Crippen molar-refractivity contribution in [2.45, 2.75) is 25.9 Å². The highest BCUT2D eigenvalue weighted by Crippen LogP contribution is 2.33. The summed E-state index contributed by atoms with van der Waals surface area (Å²) in [6.07, 6.45) is 7.42. The van der Waals surface area contributed by atoms with Gasteiger partial charge in [0.15, 0.2) is 0 Å². The highest BCUT2D eigenvalue weighted by atomic mass is 16.5. The molecule has 0 aliphatic carbocycles. The Hall–Kier alpha value is -3.74. The van der Waals surface area contributed by atoms with Gasteiger partial charge in [0, 0.05) is 43.9 Å². The summed E-state index contributed by atoms with van der Waals surface area (Å²) < 4.78 is 7.36. The number of aryl methyl sites for hydroxylation is 1. The standard InChI is InChI=1S/C23H21N5O2/c1-16-11-21(30-26-16)23(29)28-14-18-6-2-3-7-19(18)20(15-28)22-25-9-10-27(22)13-17-5-4-8-24-12-17/h2-12,20H,13-15H2,1H3. The molecule has 7 heteroatoms. The quantitative estimate of drug-likeness (QED) is 0.526. The van der Waals surface area contributed by atoms with Crippen molar-refractivity contribution >= 4 is 5.91 Å². The Kier molecular flexibility index (Phi) is 4.63. The Balaban J connectivity index is 1.50. The van der Waals surface area contributed by atoms with Crippen molar-refractivity contribution in [3.63, 3.8) is 0 Å². The van der Waals surface area contributed by atoms with Crippen LogP contribution in [0, 0.1) is 6.92 Å². The first kappa shape index (κ1) is 18.3. The van der Waals surface area contributed by atoms with E-state index in [0.29, 0.717) is 25.3 Å². The highest BCUT2D eigenvalue weighted by molar-refractivity contribution is 5.91. The molecule has 0 saturated carbocycles. The number of fused-ring (bicyclic) bond motifs is 1. The number of carbonyl (C=O) groups excluding carboxylic acids is 1. The van der Waals surface area contributed by atoms with Gasteiger partial charge in [0.05, 0.1) is 18.2 Å². The van der Waals surface area contributed by atoms with Gasteiger partial charge in [-0.2, -0.15) is 0 Å². The summed E-state index contributed by atoms with van der Waals surface area (Å²) in [5, 5.41) is 3.86. The molecule has 150 valence electrons. The summed E-state index contributed by atoms with van der Waals surface area (Å²) in [6.45, 7) is 3.55. The van der Waals surface area contributed by atoms with Crippen molar-refractivity contribution in [2.24, 2.45) is 0 Å². The van der Waals surface area contributed by atoms with Crippen LogP contribution in [-0.4, -0.2) is 37.0 Å². The average molecular weight is 399 g/mol. The number of rotatable bonds is 4. The number of aromatic nitrogens is 4. The highest BCUT2D eigenvalue weighted by Gasteiger charge is 2.33. The Morgan fingerprint density at radius 3 is 2.90 bits per heavy atom. The molecule has 30 heavy (non-hydrogen) atoms. The van der Waals surface area contributed by atoms with Crippen LogP contribution >= 0.6 is 0 Å². The average Bonchev–Trinajstić information content (AvgIpc) is 3.42. The first-order valence-electron chi connectivity index (χ1n) is 9.89. The Bertz CT molecular complexity index is 1180. The molecule has 1 aromatic carbocycles. The number of nitrogens with zero attached hydrogens (tertiary/aromatic N) is 5. The number of imidazole rings is 1. The molecule has 0 fully saturated rings. The molecule has 0 spiro atoms. The van der Waals surface area contributed by atoms with E-state index in [2.05, 4.69) is 31.8 Å². The SMILES string of the molecule is Cc1cc(C(=O)N2Cc3ccccc3C(c3nccn3Cc3cccnc3)C2)on1. The van der Waals surface area contributed by atoms with Gasteiger partial charge in [0.25, 0.3) is 5.91 Å². The van der Waals surface area contributed by atoms with Crippen molar-refractivity contribution in [1.29, 1.82) is 0 Å². The zero-order chi connectivity index (χ0) is 20.5. The van der Waals surface area contributed by atoms with E-state index < -0.39 is 0 Å². The predicted molar refractivity (Wildman–Crippen MR) is 110 cm³/mol. The molecule has 1 aliphatic rings. The number of hydrogen-bond donors (Lipinski definition) is 0. The van der Waals surface area contributed by atoms with Crippen LogP contribution in [0.4, 0.5) is 0 Å². The van der Waals surface area contributed by atoms with Gasteiger partial charge in [-0.3, -0.25) is 9.78 Å². The van der Waals surface area contributed by atoms with E-state index in [-0.39, 0.29) is 17.6 Å². The van der Waals surface area contributed by atoms with Gasteiger partial charge in [-0.1, -0.05) is 35.5 Å². The Morgan fingerprint density at radius 1 is 1.20 bits per heavy atom. The first-order valence-corrected chi connectivity index (χ1v) is 9.89. The topological polar surface area (TPSA) is 77.0 Å². The fourth-order valence-corrected chi connectivity index (χ4v) is 4.06. The zero-order valence-electron chi connectivity index (χ0n) is 16.6. The molecule has 3 aromatic heterocycles. The molecular formula is C23H21N5O2. The van der Waals surface area contributed by atoms with Crippen LogP contribution in [-0.2, 0) is 13.1 Å². The number of benzene rings is 1. The van der Waals surface area contributed by atoms with E-state index >= 15 is 0 Å². The second-order valence-corrected chi connectivity index (χ2v) is 7.54. The molecule has 4 heterocycles. The third kappa shape index (κ3) is 3.39. The maximum Gasteiger partial charge on any atom is 0.292 e. The minimum atomic E-state index is -0.152. The van der Waals surface area contributed by atoms with Crippen LogP contribution in [0.5, 0.6) is 0 Å². The number of carbonyl (C=O) groups is 1. The minimum absolute atomic E-state index is 0.0328. The molecule has 0 bridgehead atoms. The van der Waals surface area contributed by atoms with Crippen LogP contribution in [0.2, 0.25) is 0 Å². The Labute approximate surface area is 174 Å². The van der Waals surface area contributed by atoms with E-state index in [0.717, 1.165) is 17.0 Å². The molecule has 4 aromatic rings. The van der Waals surface area contributed by atoms with Crippen LogP contribution in [0.1, 0.15) is 44.7 Å². The van der Waals surface area contributed by atoms with E-state index in [1.807, 2.05) is 54.7 Å². The normalized spacial score (nSPS) is 15.8. The van der Waals surface area contributed by atoms with Crippen molar-refractivity contribution in [2.75, 3.05) is 6.54 Å². The van der Waals surface area contributed by atoms with Gasteiger partial charge in [-0.25, -0.2) is 4.98 Å². The number of amides is 1. The lowest BCUT2D eigenvalue weighted by Crippen LogP contribution is -2.39. The lowest BCUT2D eigenvalue weighted by Gasteiger charge is -2.34. The van der Waals surface area contributed by atoms with Gasteiger partial charge < -0.3 is 14.0 Å². The maximum absolute atomic E-state index is 13.1. The van der Waals surface area contributed by atoms with Crippen LogP contribution in [0.3, 0.4) is 0 Å². The summed E-state index contributed by atoms with van der Waals surface area (Å²) in [7, 11) is 0. The summed E-state index contributed by atoms with van der Waals surface area (Å²) >= 11 is 0. The lowest BCUT2D eigenvalue weighted by atomic mass is 9.88. The van der Waals surface area contributed by atoms with Crippen LogP contribution in [0.15, 0.2) is 71.8 Å². The van der Waals surface area contributed by atoms with Crippen molar-refractivity contribution in [3.05, 3.63) is 101 Å². The van der Waals surface area contributed by atoms with E-state index in [1.54, 1.807) is 12.3 Å². The fraction of sp³-hybridized carbons (Fsp3) is 0.217. The third-order valence-electron chi connectivity index (χ3n) is 5.46. The fourth-order valence-electron chi connectivity index (χ4n) is 4.06. The molecule has 1 unspecified atom stereocenters. The van der Waals surface area contributed by atoms with Gasteiger partial charge in [0.2, 0.25) is 5.76 Å². The molecule has 0 N–H and O–H groups in total. The maximum atomic E-state index is 13.1. The second kappa shape index (κ2) is 7.59. The molecule has 5 rings (SSSR count). The summed E-state index contributed by atoms with van der Waals surface area (Å²) in [4.78, 5) is 23.8. The molecule has 7 nitrogen and oxygen atoms in total. The largest absolute Gasteiger partial charge is 0.351 e. The summed E-state index contributed by atoms with van der Waals surface area (Å²) in [5.41, 5.74) is 4.12. The van der Waals surface area contributed by atoms with Crippen LogP contribution in [0.25, 0.3) is 0 Å². The third-order valence-corrected chi connectivity index (χ3v) is 5.46. The van der Waals surface area contributed by atoms with Gasteiger partial charge in [-0.05, 0) is 29.7 Å². The van der Waals surface area contributed by atoms with Crippen LogP contribution < -0.4 is 0 Å².